The maximum atomic E-state index is 12.5. The fourth-order valence-electron chi connectivity index (χ4n) is 4.65. The minimum atomic E-state index is -0.482. The van der Waals surface area contributed by atoms with Crippen molar-refractivity contribution in [3.63, 3.8) is 0 Å². The molecular formula is C24H34N2O5. The summed E-state index contributed by atoms with van der Waals surface area (Å²) in [6, 6.07) is 7.85. The fraction of sp³-hybridized carbons (Fsp3) is 0.625. The largest absolute Gasteiger partial charge is 0.497 e. The van der Waals surface area contributed by atoms with Gasteiger partial charge in [-0.15, -0.1) is 0 Å². The van der Waals surface area contributed by atoms with Crippen LogP contribution in [0.4, 0.5) is 0 Å². The number of nitrogens with one attached hydrogen (secondary N) is 1. The molecule has 0 bridgehead atoms. The van der Waals surface area contributed by atoms with Crippen molar-refractivity contribution in [3.05, 3.63) is 29.8 Å². The van der Waals surface area contributed by atoms with Crippen molar-refractivity contribution in [2.45, 2.75) is 52.0 Å². The summed E-state index contributed by atoms with van der Waals surface area (Å²) >= 11 is 0. The molecule has 0 radical (unpaired) electrons. The highest BCUT2D eigenvalue weighted by Crippen LogP contribution is 2.35. The van der Waals surface area contributed by atoms with Gasteiger partial charge in [-0.05, 0) is 42.4 Å². The second-order valence-electron chi connectivity index (χ2n) is 8.84. The van der Waals surface area contributed by atoms with E-state index in [4.69, 9.17) is 9.47 Å². The van der Waals surface area contributed by atoms with Crippen LogP contribution in [-0.4, -0.2) is 55.5 Å². The molecule has 2 amide bonds. The highest BCUT2D eigenvalue weighted by atomic mass is 16.5. The van der Waals surface area contributed by atoms with E-state index in [1.165, 1.54) is 6.42 Å². The maximum absolute atomic E-state index is 12.5. The van der Waals surface area contributed by atoms with Crippen LogP contribution in [0, 0.1) is 17.8 Å². The topological polar surface area (TPSA) is 84.9 Å². The first-order valence-electron chi connectivity index (χ1n) is 11.2. The summed E-state index contributed by atoms with van der Waals surface area (Å²) in [7, 11) is 1.62. The molecule has 3 rings (SSSR count). The number of carbonyl (C=O) groups is 3. The van der Waals surface area contributed by atoms with Gasteiger partial charge in [0.15, 0.2) is 6.61 Å². The lowest BCUT2D eigenvalue weighted by Gasteiger charge is -2.39. The second-order valence-corrected chi connectivity index (χ2v) is 8.84. The summed E-state index contributed by atoms with van der Waals surface area (Å²) in [5.41, 5.74) is 1.08. The van der Waals surface area contributed by atoms with Gasteiger partial charge in [-0.1, -0.05) is 38.8 Å². The Bertz CT molecular complexity index is 779. The van der Waals surface area contributed by atoms with Crippen LogP contribution in [-0.2, 0) is 25.5 Å². The molecule has 0 spiro atoms. The van der Waals surface area contributed by atoms with Gasteiger partial charge in [0, 0.05) is 25.6 Å². The van der Waals surface area contributed by atoms with Gasteiger partial charge in [0.05, 0.1) is 13.0 Å². The highest BCUT2D eigenvalue weighted by molar-refractivity contribution is 5.88. The van der Waals surface area contributed by atoms with E-state index >= 15 is 0 Å². The van der Waals surface area contributed by atoms with Gasteiger partial charge < -0.3 is 19.7 Å². The molecule has 7 nitrogen and oxygen atoms in total. The van der Waals surface area contributed by atoms with Crippen LogP contribution in [0.5, 0.6) is 5.75 Å². The van der Waals surface area contributed by atoms with E-state index in [-0.39, 0.29) is 30.9 Å². The Kier molecular flexibility index (Phi) is 7.93. The third kappa shape index (κ3) is 5.99. The maximum Gasteiger partial charge on any atom is 0.311 e. The zero-order valence-corrected chi connectivity index (χ0v) is 18.8. The summed E-state index contributed by atoms with van der Waals surface area (Å²) in [5.74, 6) is 0.551. The summed E-state index contributed by atoms with van der Waals surface area (Å²) < 4.78 is 10.3. The number of hydrogen-bond donors (Lipinski definition) is 1. The minimum Gasteiger partial charge on any atom is -0.497 e. The Hall–Kier alpha value is -2.57. The van der Waals surface area contributed by atoms with Crippen LogP contribution in [0.15, 0.2) is 24.3 Å². The van der Waals surface area contributed by atoms with Gasteiger partial charge in [-0.2, -0.15) is 0 Å². The van der Waals surface area contributed by atoms with Crippen LogP contribution in [0.1, 0.15) is 45.1 Å². The number of ether oxygens (including phenoxy) is 2. The second kappa shape index (κ2) is 10.6. The fourth-order valence-corrected chi connectivity index (χ4v) is 4.65. The third-order valence-corrected chi connectivity index (χ3v) is 6.80. The number of amides is 2. The SMILES string of the molecule is COc1ccc(CCNC(=O)COC(=O)[C@@H]2CC(=O)N([C@H]3CCC[C@H](C)[C@H]3C)C2)cc1. The summed E-state index contributed by atoms with van der Waals surface area (Å²) in [4.78, 5) is 38.9. The van der Waals surface area contributed by atoms with E-state index in [1.807, 2.05) is 29.2 Å². The molecule has 0 aromatic heterocycles. The molecule has 1 aliphatic heterocycles. The predicted octanol–water partition coefficient (Wildman–Crippen LogP) is 2.57. The third-order valence-electron chi connectivity index (χ3n) is 6.80. The first kappa shape index (κ1) is 23.1. The molecule has 4 atom stereocenters. The van der Waals surface area contributed by atoms with E-state index in [9.17, 15) is 14.4 Å². The Morgan fingerprint density at radius 1 is 1.16 bits per heavy atom. The van der Waals surface area contributed by atoms with E-state index < -0.39 is 11.9 Å². The molecule has 2 fully saturated rings. The lowest BCUT2D eigenvalue weighted by atomic mass is 9.77. The van der Waals surface area contributed by atoms with Crippen molar-refractivity contribution in [2.24, 2.45) is 17.8 Å². The minimum absolute atomic E-state index is 0.0249. The number of nitrogens with zero attached hydrogens (tertiary/aromatic N) is 1. The average Bonchev–Trinajstić information content (AvgIpc) is 3.16. The summed E-state index contributed by atoms with van der Waals surface area (Å²) in [5, 5.41) is 2.76. The first-order chi connectivity index (χ1) is 14.9. The Balaban J connectivity index is 1.39. The molecule has 1 saturated carbocycles. The quantitative estimate of drug-likeness (QED) is 0.641. The zero-order chi connectivity index (χ0) is 22.4. The predicted molar refractivity (Wildman–Crippen MR) is 116 cm³/mol. The standard InChI is InChI=1S/C24H34N2O5/c1-16-5-4-6-21(17(16)2)26-14-19(13-23(26)28)24(29)31-15-22(27)25-12-11-18-7-9-20(30-3)10-8-18/h7-10,16-17,19,21H,4-6,11-15H2,1-3H3,(H,25,27)/t16-,17+,19+,21-/m0/s1. The molecule has 2 aliphatic rings. The number of hydrogen-bond acceptors (Lipinski definition) is 5. The number of esters is 1. The zero-order valence-electron chi connectivity index (χ0n) is 18.8. The Morgan fingerprint density at radius 3 is 2.61 bits per heavy atom. The smallest absolute Gasteiger partial charge is 0.311 e. The normalized spacial score (nSPS) is 25.9. The number of likely N-dealkylation sites (tertiary alicyclic amines) is 1. The van der Waals surface area contributed by atoms with Gasteiger partial charge in [-0.25, -0.2) is 0 Å². The molecule has 31 heavy (non-hydrogen) atoms. The van der Waals surface area contributed by atoms with Crippen LogP contribution in [0.3, 0.4) is 0 Å². The van der Waals surface area contributed by atoms with E-state index in [1.54, 1.807) is 7.11 Å². The van der Waals surface area contributed by atoms with Gasteiger partial charge in [0.2, 0.25) is 5.91 Å². The average molecular weight is 431 g/mol. The van der Waals surface area contributed by atoms with E-state index in [0.717, 1.165) is 24.2 Å². The number of methoxy groups -OCH3 is 1. The van der Waals surface area contributed by atoms with Crippen molar-refractivity contribution in [3.8, 4) is 5.75 Å². The molecule has 1 aromatic carbocycles. The molecule has 170 valence electrons. The van der Waals surface area contributed by atoms with Crippen LogP contribution >= 0.6 is 0 Å². The molecule has 1 heterocycles. The van der Waals surface area contributed by atoms with Crippen LogP contribution < -0.4 is 10.1 Å². The van der Waals surface area contributed by atoms with Crippen molar-refractivity contribution in [2.75, 3.05) is 26.8 Å². The van der Waals surface area contributed by atoms with E-state index in [0.29, 0.717) is 31.3 Å². The van der Waals surface area contributed by atoms with Crippen molar-refractivity contribution in [1.29, 1.82) is 0 Å². The van der Waals surface area contributed by atoms with Crippen LogP contribution in [0.25, 0.3) is 0 Å². The monoisotopic (exact) mass is 430 g/mol. The molecule has 7 heteroatoms. The molecule has 1 aromatic rings. The lowest BCUT2D eigenvalue weighted by molar-refractivity contribution is -0.152. The van der Waals surface area contributed by atoms with Gasteiger partial charge in [-0.3, -0.25) is 14.4 Å². The lowest BCUT2D eigenvalue weighted by Crippen LogP contribution is -2.45. The van der Waals surface area contributed by atoms with Crippen molar-refractivity contribution >= 4 is 17.8 Å². The van der Waals surface area contributed by atoms with Gasteiger partial charge >= 0.3 is 5.97 Å². The molecule has 1 aliphatic carbocycles. The van der Waals surface area contributed by atoms with Crippen molar-refractivity contribution < 1.29 is 23.9 Å². The molecule has 0 unspecified atom stereocenters. The summed E-state index contributed by atoms with van der Waals surface area (Å²) in [6.45, 7) is 4.97. The Morgan fingerprint density at radius 2 is 1.90 bits per heavy atom. The van der Waals surface area contributed by atoms with Crippen LogP contribution in [0.2, 0.25) is 0 Å². The number of rotatable bonds is 8. The van der Waals surface area contributed by atoms with Crippen molar-refractivity contribution in [1.82, 2.24) is 10.2 Å². The molecular weight excluding hydrogens is 396 g/mol. The van der Waals surface area contributed by atoms with Gasteiger partial charge in [0.25, 0.3) is 5.91 Å². The Labute approximate surface area is 184 Å². The first-order valence-corrected chi connectivity index (χ1v) is 11.2. The number of benzene rings is 1. The van der Waals surface area contributed by atoms with E-state index in [2.05, 4.69) is 19.2 Å². The molecule has 1 saturated heterocycles. The molecule has 1 N–H and O–H groups in total. The van der Waals surface area contributed by atoms with Gasteiger partial charge in [0.1, 0.15) is 5.75 Å². The number of carbonyl (C=O) groups excluding carboxylic acids is 3. The highest BCUT2D eigenvalue weighted by Gasteiger charge is 2.42. The summed E-state index contributed by atoms with van der Waals surface area (Å²) in [6.07, 6.45) is 4.16.